The zero-order valence-electron chi connectivity index (χ0n) is 50.2. The van der Waals surface area contributed by atoms with E-state index in [0.29, 0.717) is 19.3 Å². The molecule has 0 aliphatic carbocycles. The van der Waals surface area contributed by atoms with Gasteiger partial charge in [-0.25, -0.2) is 0 Å². The lowest BCUT2D eigenvalue weighted by Crippen LogP contribution is -2.30. The van der Waals surface area contributed by atoms with Crippen LogP contribution in [0.3, 0.4) is 0 Å². The third-order valence-electron chi connectivity index (χ3n) is 13.4. The summed E-state index contributed by atoms with van der Waals surface area (Å²) in [5, 5.41) is 0. The standard InChI is InChI=1S/C71H118O6/c1-4-7-10-13-16-19-22-24-26-28-30-31-32-33-34-35-36-37-38-39-41-42-44-46-49-52-55-58-61-64-70(73)76-67-68(66-75-69(72)63-60-57-54-51-48-21-18-15-12-9-6-3)77-71(74)65-62-59-56-53-50-47-45-43-40-29-27-25-23-20-17-14-11-8-5-2/h7-8,10-11,15-20,24-27,30-31,33-34,40,43,68H,4-6,9,12-14,21-23,28-29,32,35-39,41-42,44-67H2,1-3H3/b10-7-,11-8-,18-15-,19-16-,20-17-,26-24-,27-25-,31-30-,34-33-,43-40-. The molecule has 0 heterocycles. The first-order valence-electron chi connectivity index (χ1n) is 32.0. The van der Waals surface area contributed by atoms with Crippen molar-refractivity contribution in [3.05, 3.63) is 122 Å². The van der Waals surface area contributed by atoms with Crippen molar-refractivity contribution in [2.24, 2.45) is 0 Å². The number of unbranched alkanes of at least 4 members (excludes halogenated alkanes) is 26. The van der Waals surface area contributed by atoms with Gasteiger partial charge in [-0.2, -0.15) is 0 Å². The van der Waals surface area contributed by atoms with E-state index in [-0.39, 0.29) is 31.1 Å². The molecule has 0 saturated carbocycles. The monoisotopic (exact) mass is 1070 g/mol. The molecule has 438 valence electrons. The molecule has 1 unspecified atom stereocenters. The summed E-state index contributed by atoms with van der Waals surface area (Å²) in [7, 11) is 0. The summed E-state index contributed by atoms with van der Waals surface area (Å²) < 4.78 is 16.9. The van der Waals surface area contributed by atoms with Crippen LogP contribution in [0.2, 0.25) is 0 Å². The Morgan fingerprint density at radius 2 is 0.506 bits per heavy atom. The number of ether oxygens (including phenoxy) is 3. The topological polar surface area (TPSA) is 78.9 Å². The van der Waals surface area contributed by atoms with E-state index in [9.17, 15) is 14.4 Å². The number of rotatable bonds is 57. The number of carbonyl (C=O) groups is 3. The number of carbonyl (C=O) groups excluding carboxylic acids is 3. The zero-order chi connectivity index (χ0) is 55.7. The van der Waals surface area contributed by atoms with Gasteiger partial charge < -0.3 is 14.2 Å². The summed E-state index contributed by atoms with van der Waals surface area (Å²) in [6, 6.07) is 0. The van der Waals surface area contributed by atoms with Crippen molar-refractivity contribution in [2.75, 3.05) is 13.2 Å². The first-order chi connectivity index (χ1) is 38.0. The van der Waals surface area contributed by atoms with Gasteiger partial charge in [0.25, 0.3) is 0 Å². The smallest absolute Gasteiger partial charge is 0.306 e. The second kappa shape index (κ2) is 64.3. The SMILES string of the molecule is CC/C=C\C/C=C\C/C=C\C/C=C\C/C=C\CCCCCCCCCCCCCCCC(=O)OCC(COC(=O)CCCCCCC/C=C\CCCC)OC(=O)CCCCCCCC/C=C\C/C=C\C/C=C\C/C=C\CC. The first-order valence-corrected chi connectivity index (χ1v) is 32.0. The molecule has 6 heteroatoms. The maximum Gasteiger partial charge on any atom is 0.306 e. The third kappa shape index (κ3) is 62.5. The van der Waals surface area contributed by atoms with Crippen LogP contribution in [0.25, 0.3) is 0 Å². The van der Waals surface area contributed by atoms with Gasteiger partial charge in [0.1, 0.15) is 13.2 Å². The highest BCUT2D eigenvalue weighted by Crippen LogP contribution is 2.16. The van der Waals surface area contributed by atoms with Gasteiger partial charge in [0.15, 0.2) is 6.10 Å². The van der Waals surface area contributed by atoms with E-state index in [1.165, 1.54) is 116 Å². The Morgan fingerprint density at radius 1 is 0.273 bits per heavy atom. The lowest BCUT2D eigenvalue weighted by atomic mass is 10.0. The predicted octanol–water partition coefficient (Wildman–Crippen LogP) is 22.0. The molecule has 0 rings (SSSR count). The average molecular weight is 1070 g/mol. The van der Waals surface area contributed by atoms with Gasteiger partial charge in [-0.3, -0.25) is 14.4 Å². The Balaban J connectivity index is 4.26. The highest BCUT2D eigenvalue weighted by atomic mass is 16.6. The minimum absolute atomic E-state index is 0.0882. The minimum atomic E-state index is -0.792. The average Bonchev–Trinajstić information content (AvgIpc) is 3.43. The number of allylic oxidation sites excluding steroid dienone is 20. The van der Waals surface area contributed by atoms with Crippen molar-refractivity contribution < 1.29 is 28.6 Å². The summed E-state index contributed by atoms with van der Waals surface area (Å²) in [4.78, 5) is 38.3. The Labute approximate surface area is 475 Å². The maximum atomic E-state index is 12.9. The van der Waals surface area contributed by atoms with Crippen LogP contribution < -0.4 is 0 Å². The molecular formula is C71H118O6. The van der Waals surface area contributed by atoms with E-state index in [1.807, 2.05) is 0 Å². The Bertz CT molecular complexity index is 1600. The van der Waals surface area contributed by atoms with Gasteiger partial charge in [-0.05, 0) is 122 Å². The molecule has 77 heavy (non-hydrogen) atoms. The fourth-order valence-corrected chi connectivity index (χ4v) is 8.68. The molecule has 0 fully saturated rings. The molecule has 0 aromatic heterocycles. The predicted molar refractivity (Wildman–Crippen MR) is 334 cm³/mol. The summed E-state index contributed by atoms with van der Waals surface area (Å²) in [5.41, 5.74) is 0. The summed E-state index contributed by atoms with van der Waals surface area (Å²) in [6.45, 7) is 6.37. The molecule has 0 radical (unpaired) electrons. The van der Waals surface area contributed by atoms with Gasteiger partial charge in [-0.15, -0.1) is 0 Å². The van der Waals surface area contributed by atoms with Crippen LogP contribution in [0.5, 0.6) is 0 Å². The highest BCUT2D eigenvalue weighted by Gasteiger charge is 2.19. The van der Waals surface area contributed by atoms with Gasteiger partial charge in [-0.1, -0.05) is 271 Å². The molecule has 0 N–H and O–H groups in total. The van der Waals surface area contributed by atoms with Crippen LogP contribution in [0.1, 0.15) is 290 Å². The van der Waals surface area contributed by atoms with E-state index < -0.39 is 6.10 Å². The lowest BCUT2D eigenvalue weighted by molar-refractivity contribution is -0.167. The van der Waals surface area contributed by atoms with E-state index >= 15 is 0 Å². The third-order valence-corrected chi connectivity index (χ3v) is 13.4. The minimum Gasteiger partial charge on any atom is -0.462 e. The second-order valence-corrected chi connectivity index (χ2v) is 20.9. The van der Waals surface area contributed by atoms with Crippen molar-refractivity contribution in [3.8, 4) is 0 Å². The molecule has 0 aromatic rings. The van der Waals surface area contributed by atoms with E-state index in [4.69, 9.17) is 14.2 Å². The zero-order valence-corrected chi connectivity index (χ0v) is 50.2. The van der Waals surface area contributed by atoms with Gasteiger partial charge in [0.05, 0.1) is 0 Å². The van der Waals surface area contributed by atoms with E-state index in [1.54, 1.807) is 0 Å². The van der Waals surface area contributed by atoms with Gasteiger partial charge >= 0.3 is 17.9 Å². The largest absolute Gasteiger partial charge is 0.462 e. The molecule has 0 aromatic carbocycles. The maximum absolute atomic E-state index is 12.9. The van der Waals surface area contributed by atoms with Crippen molar-refractivity contribution >= 4 is 17.9 Å². The normalized spacial score (nSPS) is 12.9. The van der Waals surface area contributed by atoms with Crippen LogP contribution in [0.4, 0.5) is 0 Å². The molecule has 0 spiro atoms. The van der Waals surface area contributed by atoms with Crippen molar-refractivity contribution in [1.82, 2.24) is 0 Å². The van der Waals surface area contributed by atoms with Crippen molar-refractivity contribution in [1.29, 1.82) is 0 Å². The quantitative estimate of drug-likeness (QED) is 0.0261. The summed E-state index contributed by atoms with van der Waals surface area (Å²) >= 11 is 0. The highest BCUT2D eigenvalue weighted by molar-refractivity contribution is 5.71. The fourth-order valence-electron chi connectivity index (χ4n) is 8.68. The second-order valence-electron chi connectivity index (χ2n) is 20.9. The first kappa shape index (κ1) is 72.8. The summed E-state index contributed by atoms with van der Waals surface area (Å²) in [5.74, 6) is -0.909. The lowest BCUT2D eigenvalue weighted by Gasteiger charge is -2.18. The molecule has 0 aliphatic rings. The van der Waals surface area contributed by atoms with Crippen molar-refractivity contribution in [2.45, 2.75) is 297 Å². The van der Waals surface area contributed by atoms with Gasteiger partial charge in [0, 0.05) is 19.3 Å². The van der Waals surface area contributed by atoms with Crippen LogP contribution in [-0.2, 0) is 28.6 Å². The molecular weight excluding hydrogens is 949 g/mol. The molecule has 0 saturated heterocycles. The molecule has 1 atom stereocenters. The molecule has 0 amide bonds. The fraction of sp³-hybridized carbons (Fsp3) is 0.676. The van der Waals surface area contributed by atoms with Crippen LogP contribution >= 0.6 is 0 Å². The molecule has 0 aliphatic heterocycles. The van der Waals surface area contributed by atoms with Crippen molar-refractivity contribution in [3.63, 3.8) is 0 Å². The van der Waals surface area contributed by atoms with Crippen LogP contribution in [-0.4, -0.2) is 37.2 Å². The van der Waals surface area contributed by atoms with E-state index in [0.717, 1.165) is 135 Å². The number of hydrogen-bond donors (Lipinski definition) is 0. The van der Waals surface area contributed by atoms with Crippen LogP contribution in [0.15, 0.2) is 122 Å². The number of hydrogen-bond acceptors (Lipinski definition) is 6. The summed E-state index contributed by atoms with van der Waals surface area (Å²) in [6.07, 6.45) is 89.2. The Hall–Kier alpha value is -4.19. The molecule has 0 bridgehead atoms. The van der Waals surface area contributed by atoms with E-state index in [2.05, 4.69) is 142 Å². The number of esters is 3. The Kier molecular flexibility index (Phi) is 60.8. The molecule has 6 nitrogen and oxygen atoms in total. The van der Waals surface area contributed by atoms with Gasteiger partial charge in [0.2, 0.25) is 0 Å². The Morgan fingerprint density at radius 3 is 0.805 bits per heavy atom. The van der Waals surface area contributed by atoms with Crippen LogP contribution in [0, 0.1) is 0 Å².